The molecule has 3 aromatic rings. The van der Waals surface area contributed by atoms with E-state index in [2.05, 4.69) is 15.8 Å². The number of rotatable bonds is 12. The van der Waals surface area contributed by atoms with Gasteiger partial charge in [-0.05, 0) is 61.4 Å². The number of carbonyl (C=O) groups excluding carboxylic acids is 2. The molecule has 0 unspecified atom stereocenters. The highest BCUT2D eigenvalue weighted by molar-refractivity contribution is 7.89. The molecule has 0 saturated carbocycles. The molecule has 3 rings (SSSR count). The smallest absolute Gasteiger partial charge is 0.258 e. The first-order valence-corrected chi connectivity index (χ1v) is 13.1. The van der Waals surface area contributed by atoms with Crippen molar-refractivity contribution in [3.8, 4) is 5.75 Å². The molecule has 0 aliphatic heterocycles. The standard InChI is InChI=1S/C27H30N4O5S/c1-21(2)29-27(33)20-36-24-15-13-22(14-16-24)17-28-30-26(32)19-31(18-23-9-5-3-6-10-23)37(34,35)25-11-7-4-8-12-25/h3-17,21H,18-20H2,1-2H3,(H,29,33)(H,30,32)/b28-17+. The number of hydrazone groups is 1. The molecular formula is C27H30N4O5S. The van der Waals surface area contributed by atoms with Crippen LogP contribution >= 0.6 is 0 Å². The van der Waals surface area contributed by atoms with E-state index in [-0.39, 0.29) is 30.0 Å². The molecule has 0 atom stereocenters. The van der Waals surface area contributed by atoms with Crippen molar-refractivity contribution in [2.24, 2.45) is 5.10 Å². The summed E-state index contributed by atoms with van der Waals surface area (Å²) in [6.45, 7) is 3.27. The Labute approximate surface area is 217 Å². The van der Waals surface area contributed by atoms with Crippen molar-refractivity contribution in [1.82, 2.24) is 15.0 Å². The summed E-state index contributed by atoms with van der Waals surface area (Å²) in [6.07, 6.45) is 1.43. The third kappa shape index (κ3) is 8.85. The van der Waals surface area contributed by atoms with E-state index in [1.54, 1.807) is 54.6 Å². The first-order valence-electron chi connectivity index (χ1n) is 11.7. The number of nitrogens with zero attached hydrogens (tertiary/aromatic N) is 2. The molecule has 2 amide bonds. The van der Waals surface area contributed by atoms with E-state index in [1.807, 2.05) is 32.0 Å². The highest BCUT2D eigenvalue weighted by Gasteiger charge is 2.26. The van der Waals surface area contributed by atoms with E-state index in [9.17, 15) is 18.0 Å². The molecule has 37 heavy (non-hydrogen) atoms. The minimum Gasteiger partial charge on any atom is -0.484 e. The van der Waals surface area contributed by atoms with Gasteiger partial charge in [-0.25, -0.2) is 13.8 Å². The van der Waals surface area contributed by atoms with Crippen LogP contribution in [0.1, 0.15) is 25.0 Å². The zero-order valence-electron chi connectivity index (χ0n) is 20.7. The Morgan fingerprint density at radius 3 is 2.16 bits per heavy atom. The third-order valence-corrected chi connectivity index (χ3v) is 6.81. The normalized spacial score (nSPS) is 11.6. The summed E-state index contributed by atoms with van der Waals surface area (Å²) in [6, 6.07) is 23.9. The Morgan fingerprint density at radius 1 is 0.919 bits per heavy atom. The fourth-order valence-corrected chi connectivity index (χ4v) is 4.70. The fourth-order valence-electron chi connectivity index (χ4n) is 3.29. The number of ether oxygens (including phenoxy) is 1. The molecule has 3 aromatic carbocycles. The number of carbonyl (C=O) groups is 2. The molecule has 0 aliphatic rings. The lowest BCUT2D eigenvalue weighted by molar-refractivity contribution is -0.123. The summed E-state index contributed by atoms with van der Waals surface area (Å²) in [4.78, 5) is 24.4. The summed E-state index contributed by atoms with van der Waals surface area (Å²) < 4.78 is 33.0. The molecule has 0 aliphatic carbocycles. The summed E-state index contributed by atoms with van der Waals surface area (Å²) in [5.41, 5.74) is 3.81. The van der Waals surface area contributed by atoms with Crippen molar-refractivity contribution in [3.05, 3.63) is 96.1 Å². The Hall–Kier alpha value is -4.02. The molecular weight excluding hydrogens is 492 g/mol. The van der Waals surface area contributed by atoms with Crippen LogP contribution < -0.4 is 15.5 Å². The lowest BCUT2D eigenvalue weighted by Crippen LogP contribution is -2.39. The highest BCUT2D eigenvalue weighted by atomic mass is 32.2. The van der Waals surface area contributed by atoms with Gasteiger partial charge < -0.3 is 10.1 Å². The van der Waals surface area contributed by atoms with Crippen LogP contribution in [-0.4, -0.2) is 49.9 Å². The van der Waals surface area contributed by atoms with Gasteiger partial charge in [-0.3, -0.25) is 9.59 Å². The molecule has 0 spiro atoms. The Kier molecular flexibility index (Phi) is 9.93. The maximum atomic E-state index is 13.2. The van der Waals surface area contributed by atoms with Gasteiger partial charge in [0, 0.05) is 12.6 Å². The fraction of sp³-hybridized carbons (Fsp3) is 0.222. The largest absolute Gasteiger partial charge is 0.484 e. The topological polar surface area (TPSA) is 117 Å². The van der Waals surface area contributed by atoms with Gasteiger partial charge in [-0.2, -0.15) is 9.41 Å². The van der Waals surface area contributed by atoms with E-state index in [4.69, 9.17) is 4.74 Å². The monoisotopic (exact) mass is 522 g/mol. The number of amides is 2. The predicted octanol–water partition coefficient (Wildman–Crippen LogP) is 2.93. The Morgan fingerprint density at radius 2 is 1.54 bits per heavy atom. The molecule has 0 bridgehead atoms. The SMILES string of the molecule is CC(C)NC(=O)COc1ccc(/C=N/NC(=O)CN(Cc2ccccc2)S(=O)(=O)c2ccccc2)cc1. The summed E-state index contributed by atoms with van der Waals surface area (Å²) in [5.74, 6) is -0.274. The maximum absolute atomic E-state index is 13.2. The van der Waals surface area contributed by atoms with Crippen LogP contribution in [0.15, 0.2) is 94.9 Å². The van der Waals surface area contributed by atoms with Gasteiger partial charge in [0.15, 0.2) is 6.61 Å². The molecule has 10 heteroatoms. The molecule has 194 valence electrons. The number of benzene rings is 3. The van der Waals surface area contributed by atoms with E-state index < -0.39 is 22.5 Å². The van der Waals surface area contributed by atoms with Gasteiger partial charge in [0.25, 0.3) is 11.8 Å². The minimum atomic E-state index is -3.92. The van der Waals surface area contributed by atoms with Crippen molar-refractivity contribution in [1.29, 1.82) is 0 Å². The van der Waals surface area contributed by atoms with E-state index in [1.165, 1.54) is 18.3 Å². The van der Waals surface area contributed by atoms with E-state index in [0.717, 1.165) is 9.87 Å². The van der Waals surface area contributed by atoms with Crippen LogP contribution in [0.5, 0.6) is 5.75 Å². The highest BCUT2D eigenvalue weighted by Crippen LogP contribution is 2.18. The molecule has 2 N–H and O–H groups in total. The van der Waals surface area contributed by atoms with Gasteiger partial charge in [0.2, 0.25) is 10.0 Å². The molecule has 9 nitrogen and oxygen atoms in total. The number of hydrogen-bond donors (Lipinski definition) is 2. The van der Waals surface area contributed by atoms with Crippen LogP contribution in [0.2, 0.25) is 0 Å². The second-order valence-electron chi connectivity index (χ2n) is 8.44. The number of nitrogens with one attached hydrogen (secondary N) is 2. The van der Waals surface area contributed by atoms with Crippen molar-refractivity contribution in [2.75, 3.05) is 13.2 Å². The molecule has 0 radical (unpaired) electrons. The van der Waals surface area contributed by atoms with Gasteiger partial charge in [0.05, 0.1) is 17.7 Å². The van der Waals surface area contributed by atoms with Crippen LogP contribution in [0.3, 0.4) is 0 Å². The van der Waals surface area contributed by atoms with Crippen molar-refractivity contribution >= 4 is 28.1 Å². The second-order valence-corrected chi connectivity index (χ2v) is 10.4. The third-order valence-electron chi connectivity index (χ3n) is 5.01. The molecule has 0 fully saturated rings. The van der Waals surface area contributed by atoms with Crippen LogP contribution in [0, 0.1) is 0 Å². The summed E-state index contributed by atoms with van der Waals surface area (Å²) in [7, 11) is -3.92. The Bertz CT molecular complexity index is 1300. The average molecular weight is 523 g/mol. The van der Waals surface area contributed by atoms with Crippen LogP contribution in [0.4, 0.5) is 0 Å². The zero-order valence-corrected chi connectivity index (χ0v) is 21.5. The minimum absolute atomic E-state index is 0.0336. The van der Waals surface area contributed by atoms with Crippen LogP contribution in [-0.2, 0) is 26.2 Å². The number of hydrogen-bond acceptors (Lipinski definition) is 6. The first-order chi connectivity index (χ1) is 17.7. The van der Waals surface area contributed by atoms with E-state index >= 15 is 0 Å². The van der Waals surface area contributed by atoms with Crippen molar-refractivity contribution < 1.29 is 22.7 Å². The molecule has 0 heterocycles. The summed E-state index contributed by atoms with van der Waals surface area (Å²) in [5, 5.41) is 6.68. The summed E-state index contributed by atoms with van der Waals surface area (Å²) >= 11 is 0. The van der Waals surface area contributed by atoms with Gasteiger partial charge in [-0.1, -0.05) is 48.5 Å². The Balaban J connectivity index is 1.60. The molecule has 0 saturated heterocycles. The first kappa shape index (κ1) is 27.6. The average Bonchev–Trinajstić information content (AvgIpc) is 2.88. The van der Waals surface area contributed by atoms with Gasteiger partial charge >= 0.3 is 0 Å². The van der Waals surface area contributed by atoms with Crippen molar-refractivity contribution in [2.45, 2.75) is 31.3 Å². The number of sulfonamides is 1. The second kappa shape index (κ2) is 13.3. The van der Waals surface area contributed by atoms with Crippen molar-refractivity contribution in [3.63, 3.8) is 0 Å². The van der Waals surface area contributed by atoms with Gasteiger partial charge in [0.1, 0.15) is 5.75 Å². The molecule has 0 aromatic heterocycles. The van der Waals surface area contributed by atoms with Crippen LogP contribution in [0.25, 0.3) is 0 Å². The lowest BCUT2D eigenvalue weighted by Gasteiger charge is -2.21. The van der Waals surface area contributed by atoms with E-state index in [0.29, 0.717) is 11.3 Å². The quantitative estimate of drug-likeness (QED) is 0.280. The zero-order chi connectivity index (χ0) is 26.7. The lowest BCUT2D eigenvalue weighted by atomic mass is 10.2. The maximum Gasteiger partial charge on any atom is 0.258 e. The predicted molar refractivity (Wildman–Crippen MR) is 141 cm³/mol. The van der Waals surface area contributed by atoms with Gasteiger partial charge in [-0.15, -0.1) is 0 Å².